The lowest BCUT2D eigenvalue weighted by Crippen LogP contribution is -2.24. The molecule has 0 spiro atoms. The van der Waals surface area contributed by atoms with Gasteiger partial charge in [0.1, 0.15) is 0 Å². The molecule has 2 heteroatoms. The lowest BCUT2D eigenvalue weighted by atomic mass is 9.89. The molecule has 12 heavy (non-hydrogen) atoms. The highest BCUT2D eigenvalue weighted by molar-refractivity contribution is 5.64. The highest BCUT2D eigenvalue weighted by atomic mass is 14.8. The van der Waals surface area contributed by atoms with Gasteiger partial charge in [-0.2, -0.15) is 0 Å². The van der Waals surface area contributed by atoms with Crippen LogP contribution in [0.5, 0.6) is 0 Å². The molecule has 0 amide bonds. The van der Waals surface area contributed by atoms with Crippen LogP contribution in [0.2, 0.25) is 0 Å². The molecule has 2 unspecified atom stereocenters. The molecule has 0 N–H and O–H groups in total. The summed E-state index contributed by atoms with van der Waals surface area (Å²) in [4.78, 5) is 8.87. The Morgan fingerprint density at radius 3 is 2.83 bits per heavy atom. The molecule has 0 aromatic carbocycles. The summed E-state index contributed by atoms with van der Waals surface area (Å²) in [6.07, 6.45) is 10.6. The third-order valence-electron chi connectivity index (χ3n) is 2.75. The molecule has 66 valence electrons. The quantitative estimate of drug-likeness (QED) is 0.567. The first-order chi connectivity index (χ1) is 5.97. The number of rotatable bonds is 1. The van der Waals surface area contributed by atoms with Crippen molar-refractivity contribution < 1.29 is 0 Å². The average molecular weight is 164 g/mol. The van der Waals surface area contributed by atoms with E-state index in [0.717, 1.165) is 6.54 Å². The second kappa shape index (κ2) is 3.83. The molecule has 0 bridgehead atoms. The lowest BCUT2D eigenvalue weighted by molar-refractivity contribution is 0.440. The predicted molar refractivity (Wildman–Crippen MR) is 52.2 cm³/mol. The third kappa shape index (κ3) is 1.74. The van der Waals surface area contributed by atoms with E-state index in [1.165, 1.54) is 32.1 Å². The maximum atomic E-state index is 4.54. The number of hydrogen-bond acceptors (Lipinski definition) is 2. The molecule has 0 saturated heterocycles. The van der Waals surface area contributed by atoms with Crippen LogP contribution in [0.1, 0.15) is 32.1 Å². The molecule has 0 aliphatic carbocycles. The van der Waals surface area contributed by atoms with E-state index in [2.05, 4.69) is 22.4 Å². The summed E-state index contributed by atoms with van der Waals surface area (Å²) >= 11 is 0. The van der Waals surface area contributed by atoms with Crippen molar-refractivity contribution in [1.29, 1.82) is 0 Å². The molecular formula is C10H16N2. The highest BCUT2D eigenvalue weighted by Crippen LogP contribution is 2.22. The molecule has 2 atom stereocenters. The summed E-state index contributed by atoms with van der Waals surface area (Å²) in [5.74, 6) is 0.648. The van der Waals surface area contributed by atoms with Gasteiger partial charge in [0, 0.05) is 18.7 Å². The van der Waals surface area contributed by atoms with Gasteiger partial charge in [-0.1, -0.05) is 0 Å². The first kappa shape index (κ1) is 7.96. The summed E-state index contributed by atoms with van der Waals surface area (Å²) in [5.41, 5.74) is 0. The van der Waals surface area contributed by atoms with Crippen LogP contribution < -0.4 is 0 Å². The van der Waals surface area contributed by atoms with Crippen molar-refractivity contribution in [1.82, 2.24) is 0 Å². The van der Waals surface area contributed by atoms with Crippen molar-refractivity contribution in [3.63, 3.8) is 0 Å². The van der Waals surface area contributed by atoms with Gasteiger partial charge in [-0.05, 0) is 38.3 Å². The van der Waals surface area contributed by atoms with Gasteiger partial charge in [-0.25, -0.2) is 0 Å². The highest BCUT2D eigenvalue weighted by Gasteiger charge is 2.21. The van der Waals surface area contributed by atoms with Gasteiger partial charge in [0.2, 0.25) is 0 Å². The normalized spacial score (nSPS) is 35.3. The van der Waals surface area contributed by atoms with E-state index in [1.54, 1.807) is 0 Å². The fraction of sp³-hybridized carbons (Fsp3) is 0.800. The molecule has 2 aliphatic heterocycles. The van der Waals surface area contributed by atoms with Gasteiger partial charge >= 0.3 is 0 Å². The van der Waals surface area contributed by atoms with Crippen molar-refractivity contribution >= 4 is 12.4 Å². The first-order valence-electron chi connectivity index (χ1n) is 4.98. The fourth-order valence-corrected chi connectivity index (χ4v) is 2.02. The molecule has 2 nitrogen and oxygen atoms in total. The van der Waals surface area contributed by atoms with Crippen molar-refractivity contribution in [3.8, 4) is 0 Å². The van der Waals surface area contributed by atoms with Gasteiger partial charge in [-0.3, -0.25) is 9.98 Å². The second-order valence-electron chi connectivity index (χ2n) is 3.69. The van der Waals surface area contributed by atoms with Gasteiger partial charge in [0.25, 0.3) is 0 Å². The standard InChI is InChI=1S/C10H16N2/c1-2-7-12-10(5-1)9-4-3-6-11-8-9/h7-10H,1-6H2. The van der Waals surface area contributed by atoms with Crippen molar-refractivity contribution in [3.05, 3.63) is 0 Å². The van der Waals surface area contributed by atoms with Crippen molar-refractivity contribution in [2.45, 2.75) is 38.1 Å². The smallest absolute Gasteiger partial charge is 0.0573 e. The Labute approximate surface area is 73.8 Å². The summed E-state index contributed by atoms with van der Waals surface area (Å²) in [7, 11) is 0. The zero-order valence-corrected chi connectivity index (χ0v) is 7.45. The maximum Gasteiger partial charge on any atom is 0.0573 e. The van der Waals surface area contributed by atoms with Crippen LogP contribution in [0.4, 0.5) is 0 Å². The maximum absolute atomic E-state index is 4.54. The minimum Gasteiger partial charge on any atom is -0.297 e. The minimum atomic E-state index is 0.558. The van der Waals surface area contributed by atoms with E-state index in [1.807, 2.05) is 0 Å². The molecule has 2 heterocycles. The zero-order valence-electron chi connectivity index (χ0n) is 7.45. The Balaban J connectivity index is 1.97. The number of nitrogens with zero attached hydrogens (tertiary/aromatic N) is 2. The molecular weight excluding hydrogens is 148 g/mol. The van der Waals surface area contributed by atoms with Crippen LogP contribution >= 0.6 is 0 Å². The van der Waals surface area contributed by atoms with Gasteiger partial charge in [-0.15, -0.1) is 0 Å². The fourth-order valence-electron chi connectivity index (χ4n) is 2.02. The Morgan fingerprint density at radius 2 is 2.17 bits per heavy atom. The van der Waals surface area contributed by atoms with E-state index in [9.17, 15) is 0 Å². The molecule has 0 saturated carbocycles. The monoisotopic (exact) mass is 164 g/mol. The van der Waals surface area contributed by atoms with Gasteiger partial charge in [0.15, 0.2) is 0 Å². The molecule has 0 aromatic rings. The summed E-state index contributed by atoms with van der Waals surface area (Å²) in [6, 6.07) is 0.558. The van der Waals surface area contributed by atoms with Crippen LogP contribution in [-0.2, 0) is 0 Å². The Bertz CT molecular complexity index is 174. The molecule has 0 fully saturated rings. The Hall–Kier alpha value is -0.660. The number of hydrogen-bond donors (Lipinski definition) is 0. The van der Waals surface area contributed by atoms with Crippen LogP contribution in [0.15, 0.2) is 9.98 Å². The predicted octanol–water partition coefficient (Wildman–Crippen LogP) is 2.09. The first-order valence-corrected chi connectivity index (χ1v) is 4.98. The number of aliphatic imine (C=N–C) groups is 2. The summed E-state index contributed by atoms with van der Waals surface area (Å²) < 4.78 is 0. The van der Waals surface area contributed by atoms with Crippen LogP contribution in [0, 0.1) is 5.92 Å². The van der Waals surface area contributed by atoms with Crippen LogP contribution in [0.3, 0.4) is 0 Å². The van der Waals surface area contributed by atoms with E-state index in [0.29, 0.717) is 12.0 Å². The van der Waals surface area contributed by atoms with E-state index in [4.69, 9.17) is 0 Å². The molecule has 0 radical (unpaired) electrons. The van der Waals surface area contributed by atoms with Gasteiger partial charge in [0.05, 0.1) is 6.04 Å². The van der Waals surface area contributed by atoms with E-state index >= 15 is 0 Å². The van der Waals surface area contributed by atoms with Crippen molar-refractivity contribution in [2.24, 2.45) is 15.9 Å². The molecule has 2 aliphatic rings. The molecule has 0 aromatic heterocycles. The third-order valence-corrected chi connectivity index (χ3v) is 2.75. The lowest BCUT2D eigenvalue weighted by Gasteiger charge is -2.24. The Morgan fingerprint density at radius 1 is 1.17 bits per heavy atom. The van der Waals surface area contributed by atoms with E-state index < -0.39 is 0 Å². The largest absolute Gasteiger partial charge is 0.297 e. The summed E-state index contributed by atoms with van der Waals surface area (Å²) in [6.45, 7) is 1.03. The summed E-state index contributed by atoms with van der Waals surface area (Å²) in [5, 5.41) is 0. The Kier molecular flexibility index (Phi) is 2.54. The average Bonchev–Trinajstić information content (AvgIpc) is 2.21. The molecule has 2 rings (SSSR count). The van der Waals surface area contributed by atoms with Crippen molar-refractivity contribution in [2.75, 3.05) is 6.54 Å². The zero-order chi connectivity index (χ0) is 8.23. The van der Waals surface area contributed by atoms with Gasteiger partial charge < -0.3 is 0 Å². The van der Waals surface area contributed by atoms with Crippen LogP contribution in [-0.4, -0.2) is 25.0 Å². The SMILES string of the molecule is C1=NCCCC1C1CCCC=N1. The van der Waals surface area contributed by atoms with Crippen LogP contribution in [0.25, 0.3) is 0 Å². The topological polar surface area (TPSA) is 24.7 Å². The second-order valence-corrected chi connectivity index (χ2v) is 3.69. The minimum absolute atomic E-state index is 0.558. The van der Waals surface area contributed by atoms with E-state index in [-0.39, 0.29) is 0 Å².